The van der Waals surface area contributed by atoms with Crippen molar-refractivity contribution in [2.24, 2.45) is 0 Å². The van der Waals surface area contributed by atoms with Crippen LogP contribution in [-0.4, -0.2) is 27.8 Å². The number of hydrogen-bond donors (Lipinski definition) is 2. The third kappa shape index (κ3) is 5.61. The number of sulfonamides is 1. The van der Waals surface area contributed by atoms with E-state index in [1.165, 1.54) is 5.56 Å². The molecule has 4 nitrogen and oxygen atoms in total. The molecular formula is C14H24N2O2S. The molecule has 0 radical (unpaired) electrons. The predicted molar refractivity (Wildman–Crippen MR) is 81.1 cm³/mol. The average Bonchev–Trinajstić information content (AvgIpc) is 2.27. The second-order valence-electron chi connectivity index (χ2n) is 5.44. The van der Waals surface area contributed by atoms with Gasteiger partial charge in [0.1, 0.15) is 0 Å². The molecule has 0 aliphatic rings. The Bertz CT molecular complexity index is 493. The number of hydrogen-bond acceptors (Lipinski definition) is 3. The van der Waals surface area contributed by atoms with E-state index in [1.54, 1.807) is 0 Å². The van der Waals surface area contributed by atoms with Crippen LogP contribution >= 0.6 is 0 Å². The van der Waals surface area contributed by atoms with Crippen LogP contribution in [0.5, 0.6) is 0 Å². The second-order valence-corrected chi connectivity index (χ2v) is 7.19. The molecule has 0 amide bonds. The summed E-state index contributed by atoms with van der Waals surface area (Å²) < 4.78 is 24.7. The fraction of sp³-hybridized carbons (Fsp3) is 0.571. The van der Waals surface area contributed by atoms with Gasteiger partial charge in [-0.05, 0) is 42.6 Å². The van der Waals surface area contributed by atoms with E-state index in [0.717, 1.165) is 25.8 Å². The van der Waals surface area contributed by atoms with Crippen LogP contribution in [0.1, 0.15) is 32.8 Å². The van der Waals surface area contributed by atoms with Crippen molar-refractivity contribution in [3.05, 3.63) is 29.8 Å². The van der Waals surface area contributed by atoms with Crippen molar-refractivity contribution in [3.8, 4) is 0 Å². The predicted octanol–water partition coefficient (Wildman–Crippen LogP) is 2.34. The first-order chi connectivity index (χ1) is 8.74. The molecule has 0 bridgehead atoms. The fourth-order valence-corrected chi connectivity index (χ4v) is 2.49. The van der Waals surface area contributed by atoms with Crippen molar-refractivity contribution >= 4 is 15.7 Å². The van der Waals surface area contributed by atoms with Gasteiger partial charge in [0.05, 0.1) is 6.26 Å². The van der Waals surface area contributed by atoms with Crippen molar-refractivity contribution in [2.75, 3.05) is 24.1 Å². The van der Waals surface area contributed by atoms with Gasteiger partial charge in [-0.3, -0.25) is 4.72 Å². The molecule has 0 saturated carbocycles. The summed E-state index contributed by atoms with van der Waals surface area (Å²) in [6, 6.07) is 7.59. The Balaban J connectivity index is 2.74. The Kier molecular flexibility index (Phi) is 5.38. The van der Waals surface area contributed by atoms with Crippen molar-refractivity contribution < 1.29 is 8.42 Å². The van der Waals surface area contributed by atoms with E-state index in [0.29, 0.717) is 5.69 Å². The number of nitrogens with one attached hydrogen (secondary N) is 2. The molecule has 0 saturated heterocycles. The number of anilines is 1. The molecule has 1 rings (SSSR count). The first kappa shape index (κ1) is 16.0. The van der Waals surface area contributed by atoms with Crippen molar-refractivity contribution in [2.45, 2.75) is 32.6 Å². The zero-order chi connectivity index (χ0) is 14.5. The van der Waals surface area contributed by atoms with Crippen LogP contribution in [0.3, 0.4) is 0 Å². The van der Waals surface area contributed by atoms with E-state index in [2.05, 4.69) is 30.8 Å². The molecule has 0 aliphatic heterocycles. The van der Waals surface area contributed by atoms with Crippen LogP contribution in [0.4, 0.5) is 5.69 Å². The largest absolute Gasteiger partial charge is 0.317 e. The number of rotatable bonds is 7. The molecule has 2 N–H and O–H groups in total. The maximum absolute atomic E-state index is 11.1. The third-order valence-electron chi connectivity index (χ3n) is 3.15. The molecule has 0 heterocycles. The smallest absolute Gasteiger partial charge is 0.229 e. The van der Waals surface area contributed by atoms with Gasteiger partial charge in [-0.15, -0.1) is 0 Å². The molecule has 0 aliphatic carbocycles. The van der Waals surface area contributed by atoms with Gasteiger partial charge >= 0.3 is 0 Å². The molecular weight excluding hydrogens is 260 g/mol. The molecule has 0 aromatic heterocycles. The van der Waals surface area contributed by atoms with Gasteiger partial charge < -0.3 is 5.32 Å². The standard InChI is InChI=1S/C14H24N2O2S/c1-5-15-11-10-14(2,3)12-6-8-13(9-7-12)16-19(4,17)18/h6-9,15-16H,5,10-11H2,1-4H3. The zero-order valence-corrected chi connectivity index (χ0v) is 13.0. The Morgan fingerprint density at radius 3 is 2.21 bits per heavy atom. The van der Waals surface area contributed by atoms with E-state index >= 15 is 0 Å². The molecule has 19 heavy (non-hydrogen) atoms. The molecule has 5 heteroatoms. The maximum atomic E-state index is 11.1. The highest BCUT2D eigenvalue weighted by Gasteiger charge is 2.19. The average molecular weight is 284 g/mol. The molecule has 1 aromatic carbocycles. The zero-order valence-electron chi connectivity index (χ0n) is 12.2. The summed E-state index contributed by atoms with van der Waals surface area (Å²) in [4.78, 5) is 0. The maximum Gasteiger partial charge on any atom is 0.229 e. The quantitative estimate of drug-likeness (QED) is 0.756. The van der Waals surface area contributed by atoms with Crippen molar-refractivity contribution in [1.29, 1.82) is 0 Å². The minimum absolute atomic E-state index is 0.0752. The van der Waals surface area contributed by atoms with Gasteiger partial charge in [0.2, 0.25) is 10.0 Å². The van der Waals surface area contributed by atoms with Crippen LogP contribution in [-0.2, 0) is 15.4 Å². The van der Waals surface area contributed by atoms with E-state index in [1.807, 2.05) is 24.3 Å². The molecule has 0 spiro atoms. The highest BCUT2D eigenvalue weighted by Crippen LogP contribution is 2.27. The third-order valence-corrected chi connectivity index (χ3v) is 3.75. The minimum Gasteiger partial charge on any atom is -0.317 e. The number of benzene rings is 1. The first-order valence-corrected chi connectivity index (χ1v) is 8.43. The topological polar surface area (TPSA) is 58.2 Å². The minimum atomic E-state index is -3.20. The summed E-state index contributed by atoms with van der Waals surface area (Å²) in [6.45, 7) is 8.45. The normalized spacial score (nSPS) is 12.4. The molecule has 0 atom stereocenters. The summed E-state index contributed by atoms with van der Waals surface area (Å²) >= 11 is 0. The van der Waals surface area contributed by atoms with Crippen molar-refractivity contribution in [1.82, 2.24) is 5.32 Å². The van der Waals surface area contributed by atoms with Gasteiger partial charge in [0.15, 0.2) is 0 Å². The fourth-order valence-electron chi connectivity index (χ4n) is 1.93. The molecule has 1 aromatic rings. The van der Waals surface area contributed by atoms with E-state index in [-0.39, 0.29) is 5.41 Å². The van der Waals surface area contributed by atoms with Gasteiger partial charge in [-0.25, -0.2) is 8.42 Å². The Labute approximate surface area is 116 Å². The summed E-state index contributed by atoms with van der Waals surface area (Å²) in [5, 5.41) is 3.32. The lowest BCUT2D eigenvalue weighted by atomic mass is 9.81. The van der Waals surface area contributed by atoms with Gasteiger partial charge in [-0.1, -0.05) is 32.9 Å². The second kappa shape index (κ2) is 6.39. The lowest BCUT2D eigenvalue weighted by Gasteiger charge is -2.25. The highest BCUT2D eigenvalue weighted by molar-refractivity contribution is 7.92. The Morgan fingerprint density at radius 1 is 1.16 bits per heavy atom. The monoisotopic (exact) mass is 284 g/mol. The van der Waals surface area contributed by atoms with Gasteiger partial charge in [0.25, 0.3) is 0 Å². The van der Waals surface area contributed by atoms with E-state index < -0.39 is 10.0 Å². The van der Waals surface area contributed by atoms with Crippen LogP contribution < -0.4 is 10.0 Å². The highest BCUT2D eigenvalue weighted by atomic mass is 32.2. The molecule has 108 valence electrons. The summed E-state index contributed by atoms with van der Waals surface area (Å²) in [7, 11) is -3.20. The Morgan fingerprint density at radius 2 is 1.74 bits per heavy atom. The van der Waals surface area contributed by atoms with Crippen LogP contribution in [0, 0.1) is 0 Å². The summed E-state index contributed by atoms with van der Waals surface area (Å²) in [6.07, 6.45) is 2.20. The van der Waals surface area contributed by atoms with E-state index in [9.17, 15) is 8.42 Å². The Hall–Kier alpha value is -1.07. The molecule has 0 unspecified atom stereocenters. The lowest BCUT2D eigenvalue weighted by molar-refractivity contribution is 0.461. The molecule has 0 fully saturated rings. The van der Waals surface area contributed by atoms with Crippen molar-refractivity contribution in [3.63, 3.8) is 0 Å². The first-order valence-electron chi connectivity index (χ1n) is 6.53. The van der Waals surface area contributed by atoms with Crippen LogP contribution in [0.15, 0.2) is 24.3 Å². The van der Waals surface area contributed by atoms with Gasteiger partial charge in [0, 0.05) is 5.69 Å². The van der Waals surface area contributed by atoms with Crippen LogP contribution in [0.2, 0.25) is 0 Å². The SMILES string of the molecule is CCNCCC(C)(C)c1ccc(NS(C)(=O)=O)cc1. The van der Waals surface area contributed by atoms with Gasteiger partial charge in [-0.2, -0.15) is 0 Å². The van der Waals surface area contributed by atoms with E-state index in [4.69, 9.17) is 0 Å². The summed E-state index contributed by atoms with van der Waals surface area (Å²) in [5.74, 6) is 0. The summed E-state index contributed by atoms with van der Waals surface area (Å²) in [5.41, 5.74) is 1.89. The lowest BCUT2D eigenvalue weighted by Crippen LogP contribution is -2.25. The van der Waals surface area contributed by atoms with Crippen LogP contribution in [0.25, 0.3) is 0 Å².